The van der Waals surface area contributed by atoms with E-state index in [9.17, 15) is 9.59 Å². The Morgan fingerprint density at radius 2 is 1.60 bits per heavy atom. The van der Waals surface area contributed by atoms with Gasteiger partial charge in [0.15, 0.2) is 0 Å². The summed E-state index contributed by atoms with van der Waals surface area (Å²) in [6.07, 6.45) is 3.28. The fourth-order valence-electron chi connectivity index (χ4n) is 2.76. The maximum absolute atomic E-state index is 12.4. The molecule has 152 valence electrons. The molecule has 3 aromatic carbocycles. The van der Waals surface area contributed by atoms with Crippen LogP contribution in [0.15, 0.2) is 89.8 Å². The molecule has 0 aromatic heterocycles. The first kappa shape index (κ1) is 21.4. The summed E-state index contributed by atoms with van der Waals surface area (Å²) in [4.78, 5) is 25.5. The Bertz CT molecular complexity index is 1030. The second-order valence-electron chi connectivity index (χ2n) is 6.88. The molecule has 0 aliphatic carbocycles. The van der Waals surface area contributed by atoms with Gasteiger partial charge in [0, 0.05) is 22.3 Å². The van der Waals surface area contributed by atoms with Gasteiger partial charge in [0.1, 0.15) is 0 Å². The van der Waals surface area contributed by atoms with Crippen LogP contribution in [0.4, 0.5) is 11.4 Å². The molecule has 1 unspecified atom stereocenters. The highest BCUT2D eigenvalue weighted by molar-refractivity contribution is 8.00. The summed E-state index contributed by atoms with van der Waals surface area (Å²) in [6.45, 7) is 3.87. The monoisotopic (exact) mass is 416 g/mol. The molecule has 30 heavy (non-hydrogen) atoms. The number of thioether (sulfide) groups is 1. The van der Waals surface area contributed by atoms with Crippen molar-refractivity contribution in [3.8, 4) is 0 Å². The van der Waals surface area contributed by atoms with Crippen LogP contribution in [0.2, 0.25) is 0 Å². The smallest absolute Gasteiger partial charge is 0.248 e. The summed E-state index contributed by atoms with van der Waals surface area (Å²) in [5.41, 5.74) is 3.58. The van der Waals surface area contributed by atoms with Crippen LogP contribution in [0.1, 0.15) is 18.1 Å². The van der Waals surface area contributed by atoms with Crippen LogP contribution >= 0.6 is 11.8 Å². The molecule has 1 atom stereocenters. The highest BCUT2D eigenvalue weighted by Gasteiger charge is 2.14. The SMILES string of the molecule is Cc1cccc(NC(=O)C(C)Sc2ccc(NC(=O)/C=C/c3ccccc3)cc2)c1. The van der Waals surface area contributed by atoms with Crippen molar-refractivity contribution in [2.45, 2.75) is 24.0 Å². The molecule has 0 aliphatic rings. The average Bonchev–Trinajstić information content (AvgIpc) is 2.74. The number of carbonyl (C=O) groups excluding carboxylic acids is 2. The molecular formula is C25H24N2O2S. The van der Waals surface area contributed by atoms with E-state index in [1.807, 2.05) is 92.7 Å². The van der Waals surface area contributed by atoms with Gasteiger partial charge in [-0.15, -0.1) is 11.8 Å². The maximum Gasteiger partial charge on any atom is 0.248 e. The zero-order valence-corrected chi connectivity index (χ0v) is 17.8. The molecule has 2 amide bonds. The van der Waals surface area contributed by atoms with Gasteiger partial charge < -0.3 is 10.6 Å². The molecule has 0 saturated heterocycles. The Morgan fingerprint density at radius 1 is 0.867 bits per heavy atom. The zero-order chi connectivity index (χ0) is 21.3. The first-order valence-electron chi connectivity index (χ1n) is 9.68. The third-order valence-corrected chi connectivity index (χ3v) is 5.43. The van der Waals surface area contributed by atoms with Crippen molar-refractivity contribution in [2.24, 2.45) is 0 Å². The van der Waals surface area contributed by atoms with Crippen LogP contribution in [0, 0.1) is 6.92 Å². The fraction of sp³-hybridized carbons (Fsp3) is 0.120. The van der Waals surface area contributed by atoms with Gasteiger partial charge in [-0.2, -0.15) is 0 Å². The van der Waals surface area contributed by atoms with Crippen LogP contribution in [-0.4, -0.2) is 17.1 Å². The maximum atomic E-state index is 12.4. The van der Waals surface area contributed by atoms with Gasteiger partial charge in [0.05, 0.1) is 5.25 Å². The minimum Gasteiger partial charge on any atom is -0.325 e. The minimum atomic E-state index is -0.250. The van der Waals surface area contributed by atoms with Crippen LogP contribution in [0.5, 0.6) is 0 Å². The zero-order valence-electron chi connectivity index (χ0n) is 17.0. The molecule has 0 heterocycles. The van der Waals surface area contributed by atoms with Gasteiger partial charge in [-0.25, -0.2) is 0 Å². The van der Waals surface area contributed by atoms with E-state index >= 15 is 0 Å². The summed E-state index contributed by atoms with van der Waals surface area (Å²) in [5.74, 6) is -0.237. The van der Waals surface area contributed by atoms with Crippen LogP contribution < -0.4 is 10.6 Å². The van der Waals surface area contributed by atoms with Crippen molar-refractivity contribution in [3.63, 3.8) is 0 Å². The van der Waals surface area contributed by atoms with Crippen LogP contribution in [0.25, 0.3) is 6.08 Å². The number of hydrogen-bond donors (Lipinski definition) is 2. The van der Waals surface area contributed by atoms with Crippen molar-refractivity contribution >= 4 is 41.0 Å². The van der Waals surface area contributed by atoms with Crippen LogP contribution in [0.3, 0.4) is 0 Å². The predicted molar refractivity (Wildman–Crippen MR) is 126 cm³/mol. The molecule has 2 N–H and O–H groups in total. The summed E-state index contributed by atoms with van der Waals surface area (Å²) >= 11 is 1.47. The molecule has 4 nitrogen and oxygen atoms in total. The van der Waals surface area contributed by atoms with Crippen LogP contribution in [-0.2, 0) is 9.59 Å². The molecule has 0 bridgehead atoms. The highest BCUT2D eigenvalue weighted by Crippen LogP contribution is 2.25. The van der Waals surface area contributed by atoms with E-state index < -0.39 is 0 Å². The van der Waals surface area contributed by atoms with E-state index in [2.05, 4.69) is 10.6 Å². The van der Waals surface area contributed by atoms with E-state index in [1.165, 1.54) is 17.8 Å². The third kappa shape index (κ3) is 6.64. The quantitative estimate of drug-likeness (QED) is 0.380. The van der Waals surface area contributed by atoms with E-state index in [0.717, 1.165) is 21.7 Å². The summed E-state index contributed by atoms with van der Waals surface area (Å²) in [7, 11) is 0. The molecule has 0 saturated carbocycles. The molecule has 5 heteroatoms. The largest absolute Gasteiger partial charge is 0.325 e. The Morgan fingerprint density at radius 3 is 2.30 bits per heavy atom. The van der Waals surface area contributed by atoms with Crippen molar-refractivity contribution in [2.75, 3.05) is 10.6 Å². The van der Waals surface area contributed by atoms with Gasteiger partial charge >= 0.3 is 0 Å². The first-order chi connectivity index (χ1) is 14.5. The number of benzene rings is 3. The Balaban J connectivity index is 1.51. The van der Waals surface area contributed by atoms with Crippen molar-refractivity contribution in [1.82, 2.24) is 0 Å². The van der Waals surface area contributed by atoms with Gasteiger partial charge in [-0.05, 0) is 67.4 Å². The molecule has 0 fully saturated rings. The normalized spacial score (nSPS) is 11.8. The minimum absolute atomic E-state index is 0.0472. The number of carbonyl (C=O) groups is 2. The van der Waals surface area contributed by atoms with E-state index in [-0.39, 0.29) is 17.1 Å². The molecule has 3 aromatic rings. The lowest BCUT2D eigenvalue weighted by Gasteiger charge is -2.13. The number of aryl methyl sites for hydroxylation is 1. The first-order valence-corrected chi connectivity index (χ1v) is 10.6. The van der Waals surface area contributed by atoms with E-state index in [0.29, 0.717) is 5.69 Å². The summed E-state index contributed by atoms with van der Waals surface area (Å²) in [5, 5.41) is 5.53. The number of anilines is 2. The van der Waals surface area contributed by atoms with Crippen molar-refractivity contribution in [1.29, 1.82) is 0 Å². The standard InChI is InChI=1S/C25H24N2O2S/c1-18-7-6-10-22(17-18)27-25(29)19(2)30-23-14-12-21(13-15-23)26-24(28)16-11-20-8-4-3-5-9-20/h3-17,19H,1-2H3,(H,26,28)(H,27,29)/b16-11+. The highest BCUT2D eigenvalue weighted by atomic mass is 32.2. The number of rotatable bonds is 7. The lowest BCUT2D eigenvalue weighted by atomic mass is 10.2. The molecule has 0 aliphatic heterocycles. The van der Waals surface area contributed by atoms with E-state index in [1.54, 1.807) is 6.08 Å². The Labute approximate surface area is 181 Å². The van der Waals surface area contributed by atoms with E-state index in [4.69, 9.17) is 0 Å². The second kappa shape index (κ2) is 10.5. The molecule has 3 rings (SSSR count). The van der Waals surface area contributed by atoms with Gasteiger partial charge in [-0.3, -0.25) is 9.59 Å². The predicted octanol–water partition coefficient (Wildman–Crippen LogP) is 5.77. The van der Waals surface area contributed by atoms with Crippen molar-refractivity contribution < 1.29 is 9.59 Å². The lowest BCUT2D eigenvalue weighted by Crippen LogP contribution is -2.22. The van der Waals surface area contributed by atoms with Gasteiger partial charge in [0.2, 0.25) is 11.8 Å². The Hall–Kier alpha value is -3.31. The summed E-state index contributed by atoms with van der Waals surface area (Å²) in [6, 6.07) is 24.9. The molecular weight excluding hydrogens is 392 g/mol. The Kier molecular flexibility index (Phi) is 7.46. The molecule has 0 spiro atoms. The van der Waals surface area contributed by atoms with Gasteiger partial charge in [-0.1, -0.05) is 42.5 Å². The topological polar surface area (TPSA) is 58.2 Å². The molecule has 0 radical (unpaired) electrons. The number of hydrogen-bond acceptors (Lipinski definition) is 3. The number of amides is 2. The average molecular weight is 417 g/mol. The lowest BCUT2D eigenvalue weighted by molar-refractivity contribution is -0.115. The number of nitrogens with one attached hydrogen (secondary N) is 2. The second-order valence-corrected chi connectivity index (χ2v) is 8.29. The summed E-state index contributed by atoms with van der Waals surface area (Å²) < 4.78 is 0. The fourth-order valence-corrected chi connectivity index (χ4v) is 3.63. The van der Waals surface area contributed by atoms with Crippen molar-refractivity contribution in [3.05, 3.63) is 96.1 Å². The van der Waals surface area contributed by atoms with Gasteiger partial charge in [0.25, 0.3) is 0 Å². The third-order valence-electron chi connectivity index (χ3n) is 4.32.